The second-order valence-electron chi connectivity index (χ2n) is 5.49. The standard InChI is InChI=1S/C17H24N8O5/c1-4-9-30-12-5-6-14(25(27)28)13(10-12)23-16(24-17(26)29-3)21-8-7-20-15(19-2)22-11-18/h5-6,10H,4,7-9H2,1-3H3,(H2,19,20,22)(H2,21,23,24,26). The third-order valence-corrected chi connectivity index (χ3v) is 3.37. The van der Waals surface area contributed by atoms with Crippen LogP contribution >= 0.6 is 0 Å². The van der Waals surface area contributed by atoms with Gasteiger partial charge in [-0.25, -0.2) is 4.79 Å². The van der Waals surface area contributed by atoms with Crippen molar-refractivity contribution >= 4 is 29.4 Å². The third-order valence-electron chi connectivity index (χ3n) is 3.37. The minimum absolute atomic E-state index is 0.0670. The number of carbonyl (C=O) groups excluding carboxylic acids is 1. The fraction of sp³-hybridized carbons (Fsp3) is 0.412. The first-order chi connectivity index (χ1) is 14.4. The van der Waals surface area contributed by atoms with Crippen LogP contribution in [-0.4, -0.2) is 56.8 Å². The summed E-state index contributed by atoms with van der Waals surface area (Å²) in [6.07, 6.45) is 1.69. The molecule has 0 spiro atoms. The number of nitrogens with zero attached hydrogens (tertiary/aromatic N) is 4. The average molecular weight is 420 g/mol. The smallest absolute Gasteiger partial charge is 0.413 e. The van der Waals surface area contributed by atoms with E-state index < -0.39 is 11.0 Å². The number of guanidine groups is 2. The number of aliphatic imine (C=N–C) groups is 2. The van der Waals surface area contributed by atoms with Gasteiger partial charge in [-0.05, 0) is 12.5 Å². The van der Waals surface area contributed by atoms with Gasteiger partial charge in [-0.2, -0.15) is 5.26 Å². The average Bonchev–Trinajstić information content (AvgIpc) is 2.73. The monoisotopic (exact) mass is 420 g/mol. The molecule has 0 bridgehead atoms. The Balaban J connectivity index is 3.01. The van der Waals surface area contributed by atoms with Crippen molar-refractivity contribution in [1.82, 2.24) is 16.0 Å². The Labute approximate surface area is 173 Å². The van der Waals surface area contributed by atoms with Gasteiger partial charge in [0.1, 0.15) is 11.4 Å². The number of nitro groups is 1. The second kappa shape index (κ2) is 13.2. The summed E-state index contributed by atoms with van der Waals surface area (Å²) >= 11 is 0. The highest BCUT2D eigenvalue weighted by Crippen LogP contribution is 2.29. The molecule has 0 saturated heterocycles. The van der Waals surface area contributed by atoms with E-state index in [1.807, 2.05) is 6.92 Å². The molecule has 0 aromatic heterocycles. The minimum Gasteiger partial charge on any atom is -0.494 e. The first-order valence-corrected chi connectivity index (χ1v) is 8.88. The summed E-state index contributed by atoms with van der Waals surface area (Å²) < 4.78 is 10.1. The lowest BCUT2D eigenvalue weighted by molar-refractivity contribution is -0.383. The van der Waals surface area contributed by atoms with Gasteiger partial charge < -0.3 is 20.1 Å². The zero-order chi connectivity index (χ0) is 22.4. The molecular formula is C17H24N8O5. The molecule has 1 amide bonds. The summed E-state index contributed by atoms with van der Waals surface area (Å²) in [5.41, 5.74) is -0.145. The molecule has 0 radical (unpaired) electrons. The number of hydrogen-bond donors (Lipinski definition) is 4. The zero-order valence-electron chi connectivity index (χ0n) is 16.9. The molecule has 1 aromatic carbocycles. The predicted octanol–water partition coefficient (Wildman–Crippen LogP) is 1.15. The van der Waals surface area contributed by atoms with Crippen molar-refractivity contribution in [1.29, 1.82) is 5.26 Å². The number of rotatable bonds is 8. The normalized spacial score (nSPS) is 11.1. The van der Waals surface area contributed by atoms with E-state index in [9.17, 15) is 14.9 Å². The van der Waals surface area contributed by atoms with Crippen molar-refractivity contribution in [3.05, 3.63) is 28.3 Å². The van der Waals surface area contributed by atoms with Gasteiger partial charge in [-0.15, -0.1) is 0 Å². The number of carbonyl (C=O) groups is 1. The van der Waals surface area contributed by atoms with E-state index in [4.69, 9.17) is 10.00 Å². The molecule has 1 rings (SSSR count). The molecule has 0 unspecified atom stereocenters. The lowest BCUT2D eigenvalue weighted by Gasteiger charge is -2.13. The lowest BCUT2D eigenvalue weighted by Crippen LogP contribution is -2.38. The maximum absolute atomic E-state index is 11.6. The summed E-state index contributed by atoms with van der Waals surface area (Å²) in [6.45, 7) is 2.78. The molecule has 0 atom stereocenters. The zero-order valence-corrected chi connectivity index (χ0v) is 16.9. The Kier molecular flexibility index (Phi) is 10.5. The molecule has 162 valence electrons. The van der Waals surface area contributed by atoms with E-state index in [-0.39, 0.29) is 36.4 Å². The molecule has 0 heterocycles. The van der Waals surface area contributed by atoms with E-state index in [0.29, 0.717) is 12.4 Å². The van der Waals surface area contributed by atoms with Gasteiger partial charge in [0.2, 0.25) is 11.9 Å². The number of methoxy groups -OCH3 is 1. The van der Waals surface area contributed by atoms with Gasteiger partial charge in [0, 0.05) is 25.7 Å². The number of benzene rings is 1. The number of anilines is 1. The molecule has 0 saturated carbocycles. The molecule has 0 fully saturated rings. The van der Waals surface area contributed by atoms with E-state index in [0.717, 1.165) is 6.42 Å². The van der Waals surface area contributed by atoms with Gasteiger partial charge in [0.15, 0.2) is 6.19 Å². The number of nitriles is 1. The summed E-state index contributed by atoms with van der Waals surface area (Å²) in [5.74, 6) is 0.609. The SMILES string of the molecule is CCCOc1ccc([N+](=O)[O-])c(NC(=NCCNC(=NC)NC#N)NC(=O)OC)c1. The van der Waals surface area contributed by atoms with Gasteiger partial charge in [-0.1, -0.05) is 6.92 Å². The Morgan fingerprint density at radius 1 is 1.37 bits per heavy atom. The molecule has 30 heavy (non-hydrogen) atoms. The van der Waals surface area contributed by atoms with Crippen LogP contribution in [0.2, 0.25) is 0 Å². The highest BCUT2D eigenvalue weighted by molar-refractivity contribution is 6.03. The van der Waals surface area contributed by atoms with Crippen LogP contribution in [0.1, 0.15) is 13.3 Å². The second-order valence-corrected chi connectivity index (χ2v) is 5.49. The maximum atomic E-state index is 11.6. The Morgan fingerprint density at radius 3 is 2.73 bits per heavy atom. The predicted molar refractivity (Wildman–Crippen MR) is 110 cm³/mol. The lowest BCUT2D eigenvalue weighted by atomic mass is 10.2. The Morgan fingerprint density at radius 2 is 2.13 bits per heavy atom. The van der Waals surface area contributed by atoms with Gasteiger partial charge in [0.25, 0.3) is 5.69 Å². The molecule has 1 aromatic rings. The third kappa shape index (κ3) is 8.30. The van der Waals surface area contributed by atoms with Crippen LogP contribution in [0.4, 0.5) is 16.2 Å². The first kappa shape index (κ1) is 24.0. The number of amides is 1. The summed E-state index contributed by atoms with van der Waals surface area (Å²) in [6, 6.07) is 4.22. The van der Waals surface area contributed by atoms with Gasteiger partial charge in [0.05, 0.1) is 25.2 Å². The van der Waals surface area contributed by atoms with Crippen LogP contribution in [0, 0.1) is 21.6 Å². The molecule has 0 aliphatic carbocycles. The van der Waals surface area contributed by atoms with Gasteiger partial charge in [-0.3, -0.25) is 30.7 Å². The minimum atomic E-state index is -0.808. The van der Waals surface area contributed by atoms with Crippen LogP contribution in [0.15, 0.2) is 28.2 Å². The van der Waals surface area contributed by atoms with Crippen molar-refractivity contribution in [2.24, 2.45) is 9.98 Å². The fourth-order valence-corrected chi connectivity index (χ4v) is 2.04. The van der Waals surface area contributed by atoms with Crippen molar-refractivity contribution in [3.63, 3.8) is 0 Å². The number of hydrogen-bond acceptors (Lipinski definition) is 8. The van der Waals surface area contributed by atoms with Crippen LogP contribution in [0.3, 0.4) is 0 Å². The Bertz CT molecular complexity index is 834. The molecule has 0 aliphatic heterocycles. The van der Waals surface area contributed by atoms with E-state index in [2.05, 4.69) is 36.0 Å². The highest BCUT2D eigenvalue weighted by Gasteiger charge is 2.17. The number of nitrogens with one attached hydrogen (secondary N) is 4. The van der Waals surface area contributed by atoms with Crippen LogP contribution in [0.25, 0.3) is 0 Å². The molecule has 4 N–H and O–H groups in total. The largest absolute Gasteiger partial charge is 0.494 e. The molecular weight excluding hydrogens is 396 g/mol. The summed E-state index contributed by atoms with van der Waals surface area (Å²) in [5, 5.41) is 30.2. The van der Waals surface area contributed by atoms with Crippen LogP contribution in [-0.2, 0) is 4.74 Å². The fourth-order valence-electron chi connectivity index (χ4n) is 2.04. The van der Waals surface area contributed by atoms with Crippen LogP contribution in [0.5, 0.6) is 5.75 Å². The topological polar surface area (TPSA) is 175 Å². The number of alkyl carbamates (subject to hydrolysis) is 1. The van der Waals surface area contributed by atoms with E-state index in [1.54, 1.807) is 6.19 Å². The van der Waals surface area contributed by atoms with Crippen molar-refractivity contribution in [2.75, 3.05) is 39.2 Å². The van der Waals surface area contributed by atoms with E-state index in [1.165, 1.54) is 32.4 Å². The highest BCUT2D eigenvalue weighted by atomic mass is 16.6. The van der Waals surface area contributed by atoms with Crippen LogP contribution < -0.4 is 26.0 Å². The number of nitro benzene ring substituents is 1. The van der Waals surface area contributed by atoms with Crippen molar-refractivity contribution in [3.8, 4) is 11.9 Å². The van der Waals surface area contributed by atoms with Crippen molar-refractivity contribution < 1.29 is 19.2 Å². The van der Waals surface area contributed by atoms with Gasteiger partial charge >= 0.3 is 6.09 Å². The molecule has 13 heteroatoms. The van der Waals surface area contributed by atoms with Crippen molar-refractivity contribution in [2.45, 2.75) is 13.3 Å². The number of ether oxygens (including phenoxy) is 2. The molecule has 0 aliphatic rings. The maximum Gasteiger partial charge on any atom is 0.413 e. The quantitative estimate of drug-likeness (QED) is 0.0914. The summed E-state index contributed by atoms with van der Waals surface area (Å²) in [7, 11) is 2.67. The molecule has 13 nitrogen and oxygen atoms in total. The van der Waals surface area contributed by atoms with E-state index >= 15 is 0 Å². The summed E-state index contributed by atoms with van der Waals surface area (Å²) in [4.78, 5) is 30.4. The first-order valence-electron chi connectivity index (χ1n) is 8.88. The Hall–Kier alpha value is -4.08.